The van der Waals surface area contributed by atoms with E-state index < -0.39 is 4.92 Å². The topological polar surface area (TPSA) is 109 Å². The third-order valence-corrected chi connectivity index (χ3v) is 5.75. The van der Waals surface area contributed by atoms with Gasteiger partial charge in [-0.1, -0.05) is 29.5 Å². The van der Waals surface area contributed by atoms with Crippen molar-refractivity contribution in [2.75, 3.05) is 7.11 Å². The summed E-state index contributed by atoms with van der Waals surface area (Å²) in [5, 5.41) is 11.2. The zero-order valence-electron chi connectivity index (χ0n) is 16.6. The van der Waals surface area contributed by atoms with Gasteiger partial charge in [0.25, 0.3) is 11.4 Å². The Morgan fingerprint density at radius 2 is 1.97 bits per heavy atom. The number of methoxy groups -OCH3 is 1. The van der Waals surface area contributed by atoms with Gasteiger partial charge in [-0.2, -0.15) is 0 Å². The van der Waals surface area contributed by atoms with Crippen LogP contribution in [0.4, 0.5) is 5.69 Å². The van der Waals surface area contributed by atoms with Crippen molar-refractivity contribution in [3.8, 4) is 17.4 Å². The molecule has 0 bridgehead atoms. The molecule has 0 amide bonds. The molecule has 9 nitrogen and oxygen atoms in total. The fraction of sp³-hybridized carbons (Fsp3) is 0.0455. The second-order valence-corrected chi connectivity index (χ2v) is 7.74. The van der Waals surface area contributed by atoms with E-state index in [0.29, 0.717) is 20.8 Å². The van der Waals surface area contributed by atoms with Gasteiger partial charge in [0.15, 0.2) is 16.5 Å². The van der Waals surface area contributed by atoms with Gasteiger partial charge in [0.05, 0.1) is 27.6 Å². The van der Waals surface area contributed by atoms with Crippen LogP contribution in [0.3, 0.4) is 0 Å². The molecular formula is C22H14N4O5S. The van der Waals surface area contributed by atoms with E-state index in [9.17, 15) is 14.9 Å². The quantitative estimate of drug-likeness (QED) is 0.300. The lowest BCUT2D eigenvalue weighted by molar-refractivity contribution is -0.386. The summed E-state index contributed by atoms with van der Waals surface area (Å²) in [7, 11) is 1.46. The normalized spacial score (nSPS) is 11.8. The van der Waals surface area contributed by atoms with Gasteiger partial charge in [0.1, 0.15) is 0 Å². The summed E-state index contributed by atoms with van der Waals surface area (Å²) in [5.41, 5.74) is 1.84. The Kier molecular flexibility index (Phi) is 4.75. The Morgan fingerprint density at radius 3 is 2.78 bits per heavy atom. The molecule has 0 spiro atoms. The molecule has 0 saturated heterocycles. The van der Waals surface area contributed by atoms with E-state index in [0.717, 1.165) is 11.0 Å². The number of hydrogen-bond donors (Lipinski definition) is 0. The van der Waals surface area contributed by atoms with Gasteiger partial charge < -0.3 is 9.47 Å². The Morgan fingerprint density at radius 1 is 1.12 bits per heavy atom. The van der Waals surface area contributed by atoms with Gasteiger partial charge in [0, 0.05) is 12.3 Å². The minimum atomic E-state index is -0.566. The van der Waals surface area contributed by atoms with Crippen LogP contribution < -0.4 is 19.6 Å². The van der Waals surface area contributed by atoms with Crippen LogP contribution in [0.2, 0.25) is 0 Å². The standard InChI is InChI=1S/C22H14N4O5S/c1-30-18-11-13(8-9-17(18)31-20-16(26(28)29)7-4-10-23-20)12-19-21(27)25-15-6-3-2-5-14(15)24-22(25)32-19/h2-12H,1H3. The Bertz CT molecular complexity index is 1610. The molecule has 5 aromatic rings. The summed E-state index contributed by atoms with van der Waals surface area (Å²) >= 11 is 1.30. The third-order valence-electron chi connectivity index (χ3n) is 4.78. The summed E-state index contributed by atoms with van der Waals surface area (Å²) < 4.78 is 13.2. The van der Waals surface area contributed by atoms with E-state index in [1.165, 1.54) is 36.8 Å². The fourth-order valence-electron chi connectivity index (χ4n) is 3.33. The molecule has 0 N–H and O–H groups in total. The number of fused-ring (bicyclic) bond motifs is 3. The first-order valence-electron chi connectivity index (χ1n) is 9.42. The monoisotopic (exact) mass is 446 g/mol. The van der Waals surface area contributed by atoms with E-state index in [-0.39, 0.29) is 22.9 Å². The van der Waals surface area contributed by atoms with Crippen molar-refractivity contribution in [1.82, 2.24) is 14.4 Å². The lowest BCUT2D eigenvalue weighted by atomic mass is 10.2. The highest BCUT2D eigenvalue weighted by Crippen LogP contribution is 2.35. The predicted molar refractivity (Wildman–Crippen MR) is 120 cm³/mol. The van der Waals surface area contributed by atoms with Crippen LogP contribution in [-0.2, 0) is 0 Å². The van der Waals surface area contributed by atoms with Crippen molar-refractivity contribution in [3.63, 3.8) is 0 Å². The van der Waals surface area contributed by atoms with Gasteiger partial charge in [-0.3, -0.25) is 14.9 Å². The second-order valence-electron chi connectivity index (χ2n) is 6.73. The van der Waals surface area contributed by atoms with Gasteiger partial charge in [-0.15, -0.1) is 0 Å². The van der Waals surface area contributed by atoms with E-state index >= 15 is 0 Å². The van der Waals surface area contributed by atoms with Crippen LogP contribution in [0.5, 0.6) is 17.4 Å². The molecule has 2 aromatic carbocycles. The molecule has 3 aromatic heterocycles. The molecule has 0 fully saturated rings. The molecule has 10 heteroatoms. The van der Waals surface area contributed by atoms with Crippen LogP contribution in [0.15, 0.2) is 65.6 Å². The summed E-state index contributed by atoms with van der Waals surface area (Å²) in [4.78, 5) is 32.7. The van der Waals surface area contributed by atoms with E-state index in [2.05, 4.69) is 9.97 Å². The van der Waals surface area contributed by atoms with Crippen LogP contribution in [-0.4, -0.2) is 26.4 Å². The van der Waals surface area contributed by atoms with E-state index in [1.807, 2.05) is 24.3 Å². The van der Waals surface area contributed by atoms with Gasteiger partial charge >= 0.3 is 5.69 Å². The molecule has 32 heavy (non-hydrogen) atoms. The Balaban J connectivity index is 1.55. The molecule has 0 unspecified atom stereocenters. The number of aromatic nitrogens is 3. The summed E-state index contributed by atoms with van der Waals surface area (Å²) in [6.45, 7) is 0. The predicted octanol–water partition coefficient (Wildman–Crippen LogP) is 3.56. The molecule has 5 rings (SSSR count). The van der Waals surface area contributed by atoms with Crippen molar-refractivity contribution < 1.29 is 14.4 Å². The highest BCUT2D eigenvalue weighted by atomic mass is 32.1. The number of thiazole rings is 1. The number of rotatable bonds is 5. The number of pyridine rings is 1. The van der Waals surface area contributed by atoms with Crippen molar-refractivity contribution in [2.45, 2.75) is 0 Å². The average molecular weight is 446 g/mol. The fourth-order valence-corrected chi connectivity index (χ4v) is 4.31. The second kappa shape index (κ2) is 7.75. The summed E-state index contributed by atoms with van der Waals surface area (Å²) in [6, 6.07) is 15.3. The molecule has 0 radical (unpaired) electrons. The van der Waals surface area contributed by atoms with Gasteiger partial charge in [-0.05, 0) is 42.0 Å². The Hall–Kier alpha value is -4.31. The number of benzene rings is 2. The van der Waals surface area contributed by atoms with Gasteiger partial charge in [0.2, 0.25) is 0 Å². The molecule has 3 heterocycles. The molecule has 0 saturated carbocycles. The molecule has 0 atom stereocenters. The average Bonchev–Trinajstić information content (AvgIpc) is 3.31. The molecule has 0 aliphatic heterocycles. The number of nitrogens with zero attached hydrogens (tertiary/aromatic N) is 4. The summed E-state index contributed by atoms with van der Waals surface area (Å²) in [6.07, 6.45) is 3.15. The number of imidazole rings is 1. The molecular weight excluding hydrogens is 432 g/mol. The SMILES string of the molecule is COc1cc(C=c2sc3nc4ccccc4n3c2=O)ccc1Oc1ncccc1[N+](=O)[O-]. The molecule has 158 valence electrons. The van der Waals surface area contributed by atoms with Crippen molar-refractivity contribution in [1.29, 1.82) is 0 Å². The molecule has 0 aliphatic carbocycles. The maximum atomic E-state index is 12.9. The van der Waals surface area contributed by atoms with Crippen LogP contribution in [0.1, 0.15) is 5.56 Å². The van der Waals surface area contributed by atoms with Crippen LogP contribution >= 0.6 is 11.3 Å². The lowest BCUT2D eigenvalue weighted by Crippen LogP contribution is -2.22. The van der Waals surface area contributed by atoms with Crippen LogP contribution in [0.25, 0.3) is 22.1 Å². The van der Waals surface area contributed by atoms with Gasteiger partial charge in [-0.25, -0.2) is 14.4 Å². The zero-order valence-corrected chi connectivity index (χ0v) is 17.4. The minimum absolute atomic E-state index is 0.138. The van der Waals surface area contributed by atoms with E-state index in [4.69, 9.17) is 9.47 Å². The lowest BCUT2D eigenvalue weighted by Gasteiger charge is -2.10. The van der Waals surface area contributed by atoms with Crippen molar-refractivity contribution in [2.24, 2.45) is 0 Å². The molecule has 0 aliphatic rings. The highest BCUT2D eigenvalue weighted by Gasteiger charge is 2.18. The van der Waals surface area contributed by atoms with Crippen molar-refractivity contribution >= 4 is 39.1 Å². The Labute approximate surface area is 184 Å². The maximum Gasteiger partial charge on any atom is 0.331 e. The number of nitro groups is 1. The van der Waals surface area contributed by atoms with E-state index in [1.54, 1.807) is 28.7 Å². The summed E-state index contributed by atoms with van der Waals surface area (Å²) in [5.74, 6) is 0.472. The number of para-hydroxylation sites is 2. The first-order valence-corrected chi connectivity index (χ1v) is 10.2. The number of hydrogen-bond acceptors (Lipinski definition) is 8. The third kappa shape index (κ3) is 3.32. The first kappa shape index (κ1) is 19.6. The number of ether oxygens (including phenoxy) is 2. The smallest absolute Gasteiger partial charge is 0.331 e. The minimum Gasteiger partial charge on any atom is -0.493 e. The largest absolute Gasteiger partial charge is 0.493 e. The first-order chi connectivity index (χ1) is 15.5. The van der Waals surface area contributed by atoms with Crippen LogP contribution in [0, 0.1) is 10.1 Å². The van der Waals surface area contributed by atoms with Crippen molar-refractivity contribution in [3.05, 3.63) is 91.4 Å². The zero-order chi connectivity index (χ0) is 22.2. The highest BCUT2D eigenvalue weighted by molar-refractivity contribution is 7.15. The maximum absolute atomic E-state index is 12.9.